The Balaban J connectivity index is 3.27. The highest BCUT2D eigenvalue weighted by atomic mass is 79.9. The lowest BCUT2D eigenvalue weighted by molar-refractivity contribution is 0.146. The van der Waals surface area contributed by atoms with Gasteiger partial charge in [-0.25, -0.2) is 0 Å². The topological polar surface area (TPSA) is 77.4 Å². The fourth-order valence-electron chi connectivity index (χ4n) is 0.700. The summed E-state index contributed by atoms with van der Waals surface area (Å²) in [6.07, 6.45) is 1.62. The summed E-state index contributed by atoms with van der Waals surface area (Å²) in [5.74, 6) is 0. The average Bonchev–Trinajstić information content (AvgIpc) is 2.35. The highest BCUT2D eigenvalue weighted by Gasteiger charge is 2.09. The van der Waals surface area contributed by atoms with E-state index in [2.05, 4.69) is 31.9 Å². The van der Waals surface area contributed by atoms with Gasteiger partial charge in [-0.1, -0.05) is 31.9 Å². The fourth-order valence-corrected chi connectivity index (χ4v) is 2.34. The Morgan fingerprint density at radius 2 is 1.00 bits per heavy atom. The molecule has 0 radical (unpaired) electrons. The molecule has 0 aliphatic rings. The molecule has 0 saturated heterocycles. The van der Waals surface area contributed by atoms with Crippen molar-refractivity contribution < 1.29 is 27.9 Å². The van der Waals surface area contributed by atoms with Crippen molar-refractivity contribution in [3.63, 3.8) is 0 Å². The molecule has 0 aliphatic heterocycles. The molecule has 0 bridgehead atoms. The molecule has 0 spiro atoms. The Morgan fingerprint density at radius 3 is 1.33 bits per heavy atom. The molecule has 2 N–H and O–H groups in total. The van der Waals surface area contributed by atoms with E-state index < -0.39 is 17.2 Å². The minimum atomic E-state index is -1.86. The summed E-state index contributed by atoms with van der Waals surface area (Å²) < 4.78 is 19.9. The monoisotopic (exact) mass is 430 g/mol. The summed E-state index contributed by atoms with van der Waals surface area (Å²) >= 11 is 6.49. The van der Waals surface area contributed by atoms with Crippen molar-refractivity contribution in [2.24, 2.45) is 0 Å². The van der Waals surface area contributed by atoms with Gasteiger partial charge in [-0.3, -0.25) is 0 Å². The summed E-state index contributed by atoms with van der Waals surface area (Å²) in [4.78, 5) is 18.5. The summed E-state index contributed by atoms with van der Waals surface area (Å²) in [6, 6.07) is 0. The van der Waals surface area contributed by atoms with Crippen molar-refractivity contribution in [2.45, 2.75) is 12.8 Å². The van der Waals surface area contributed by atoms with Gasteiger partial charge in [-0.05, 0) is 12.8 Å². The molecule has 0 fully saturated rings. The lowest BCUT2D eigenvalue weighted by Crippen LogP contribution is -2.02. The lowest BCUT2D eigenvalue weighted by Gasteiger charge is -2.12. The lowest BCUT2D eigenvalue weighted by atomic mass is 10.5. The van der Waals surface area contributed by atoms with Crippen molar-refractivity contribution in [3.05, 3.63) is 0 Å². The minimum Gasteiger partial charge on any atom is -0.328 e. The van der Waals surface area contributed by atoms with Gasteiger partial charge in [0, 0.05) is 10.7 Å². The van der Waals surface area contributed by atoms with Gasteiger partial charge in [0.15, 0.2) is 0 Å². The standard InChI is InChI=1S/C8H18Br2O6P2/c9-3-1-5-13-17(11)15-7-8-16-18(12)14-6-2-4-10/h11-12H,1-8H2. The Bertz CT molecular complexity index is 164. The molecule has 0 aromatic rings. The Hall–Kier alpha value is 1.58. The van der Waals surface area contributed by atoms with Gasteiger partial charge in [0.1, 0.15) is 0 Å². The zero-order valence-corrected chi connectivity index (χ0v) is 14.8. The normalized spacial score (nSPS) is 14.7. The number of rotatable bonds is 13. The molecule has 2 unspecified atom stereocenters. The molecule has 0 aromatic heterocycles. The maximum Gasteiger partial charge on any atom is 0.329 e. The van der Waals surface area contributed by atoms with E-state index >= 15 is 0 Å². The van der Waals surface area contributed by atoms with Crippen LogP contribution in [0.1, 0.15) is 12.8 Å². The first-order valence-corrected chi connectivity index (χ1v) is 9.82. The molecular weight excluding hydrogens is 414 g/mol. The molecule has 0 rings (SSSR count). The molecule has 0 saturated carbocycles. The smallest absolute Gasteiger partial charge is 0.328 e. The van der Waals surface area contributed by atoms with Crippen LogP contribution in [0.4, 0.5) is 0 Å². The molecule has 0 aromatic carbocycles. The molecule has 110 valence electrons. The van der Waals surface area contributed by atoms with E-state index in [1.807, 2.05) is 0 Å². The number of alkyl halides is 2. The van der Waals surface area contributed by atoms with Crippen LogP contribution in [0.5, 0.6) is 0 Å². The van der Waals surface area contributed by atoms with Gasteiger partial charge in [0.25, 0.3) is 0 Å². The first kappa shape index (κ1) is 19.6. The molecular formula is C8H18Br2O6P2. The molecule has 2 atom stereocenters. The van der Waals surface area contributed by atoms with Gasteiger partial charge in [0.05, 0.1) is 26.4 Å². The number of halogens is 2. The summed E-state index contributed by atoms with van der Waals surface area (Å²) in [6.45, 7) is 1.18. The van der Waals surface area contributed by atoms with E-state index in [4.69, 9.17) is 18.1 Å². The van der Waals surface area contributed by atoms with Crippen molar-refractivity contribution in [3.8, 4) is 0 Å². The van der Waals surface area contributed by atoms with Crippen LogP contribution >= 0.6 is 49.1 Å². The van der Waals surface area contributed by atoms with Crippen LogP contribution in [0.3, 0.4) is 0 Å². The molecule has 18 heavy (non-hydrogen) atoms. The van der Waals surface area contributed by atoms with Crippen molar-refractivity contribution in [2.75, 3.05) is 37.1 Å². The fraction of sp³-hybridized carbons (Fsp3) is 1.00. The molecule has 0 heterocycles. The second-order valence-corrected chi connectivity index (χ2v) is 6.46. The number of hydrogen-bond donors (Lipinski definition) is 2. The van der Waals surface area contributed by atoms with Crippen LogP contribution in [0.15, 0.2) is 0 Å². The second-order valence-electron chi connectivity index (χ2n) is 2.89. The summed E-state index contributed by atoms with van der Waals surface area (Å²) in [7, 11) is -3.72. The predicted octanol–water partition coefficient (Wildman–Crippen LogP) is 3.06. The highest BCUT2D eigenvalue weighted by Crippen LogP contribution is 2.35. The van der Waals surface area contributed by atoms with E-state index in [1.165, 1.54) is 0 Å². The van der Waals surface area contributed by atoms with Gasteiger partial charge in [0.2, 0.25) is 0 Å². The number of hydrogen-bond acceptors (Lipinski definition) is 6. The Kier molecular flexibility index (Phi) is 16.3. The van der Waals surface area contributed by atoms with Gasteiger partial charge in [-0.2, -0.15) is 0 Å². The third kappa shape index (κ3) is 14.0. The van der Waals surface area contributed by atoms with E-state index in [0.717, 1.165) is 23.5 Å². The zero-order chi connectivity index (χ0) is 13.6. The zero-order valence-electron chi connectivity index (χ0n) is 9.83. The molecule has 10 heteroatoms. The van der Waals surface area contributed by atoms with Gasteiger partial charge >= 0.3 is 17.2 Å². The first-order chi connectivity index (χ1) is 8.70. The molecule has 0 amide bonds. The van der Waals surface area contributed by atoms with Crippen LogP contribution in [0.25, 0.3) is 0 Å². The quantitative estimate of drug-likeness (QED) is 0.265. The van der Waals surface area contributed by atoms with Crippen LogP contribution < -0.4 is 0 Å². The second kappa shape index (κ2) is 15.0. The SMILES string of the molecule is OP(OCCCBr)OCCOP(O)OCCCBr. The van der Waals surface area contributed by atoms with Gasteiger partial charge < -0.3 is 27.9 Å². The largest absolute Gasteiger partial charge is 0.329 e. The van der Waals surface area contributed by atoms with Crippen molar-refractivity contribution >= 4 is 49.1 Å². The van der Waals surface area contributed by atoms with Gasteiger partial charge in [-0.15, -0.1) is 0 Å². The summed E-state index contributed by atoms with van der Waals surface area (Å²) in [5, 5.41) is 1.64. The molecule has 6 nitrogen and oxygen atoms in total. The van der Waals surface area contributed by atoms with Crippen LogP contribution in [0.2, 0.25) is 0 Å². The minimum absolute atomic E-state index is 0.151. The average molecular weight is 432 g/mol. The van der Waals surface area contributed by atoms with Crippen molar-refractivity contribution in [1.82, 2.24) is 0 Å². The first-order valence-electron chi connectivity index (χ1n) is 5.32. The van der Waals surface area contributed by atoms with E-state index in [-0.39, 0.29) is 13.2 Å². The highest BCUT2D eigenvalue weighted by molar-refractivity contribution is 9.09. The Labute approximate surface area is 127 Å². The maximum atomic E-state index is 9.27. The van der Waals surface area contributed by atoms with Crippen LogP contribution in [-0.4, -0.2) is 46.9 Å². The van der Waals surface area contributed by atoms with Crippen LogP contribution in [0, 0.1) is 0 Å². The third-order valence-electron chi connectivity index (χ3n) is 1.45. The molecule has 0 aliphatic carbocycles. The van der Waals surface area contributed by atoms with E-state index in [1.54, 1.807) is 0 Å². The maximum absolute atomic E-state index is 9.27. The van der Waals surface area contributed by atoms with E-state index in [0.29, 0.717) is 13.2 Å². The van der Waals surface area contributed by atoms with E-state index in [9.17, 15) is 9.79 Å². The van der Waals surface area contributed by atoms with Crippen molar-refractivity contribution in [1.29, 1.82) is 0 Å². The third-order valence-corrected chi connectivity index (χ3v) is 4.18. The summed E-state index contributed by atoms with van der Waals surface area (Å²) in [5.41, 5.74) is 0. The Morgan fingerprint density at radius 1 is 0.667 bits per heavy atom. The van der Waals surface area contributed by atoms with Crippen LogP contribution in [-0.2, 0) is 18.1 Å². The predicted molar refractivity (Wildman–Crippen MR) is 78.9 cm³/mol.